The van der Waals surface area contributed by atoms with Crippen LogP contribution in [0.4, 0.5) is 10.2 Å². The molecule has 1 aromatic carbocycles. The number of carbonyl (C=O) groups is 2. The standard InChI is InChI=1S/C22H26BrFN4O2/c1-2-28(13-16-5-3-7-19(24)11-16)21(29)15-27-10-4-6-17(14-27)22(30)26-20-9-8-18(23)12-25-20/h3,5,7-9,11-12,17H,2,4,6,10,13-15H2,1H3,(H,25,26,30). The lowest BCUT2D eigenvalue weighted by Gasteiger charge is -2.33. The maximum absolute atomic E-state index is 13.4. The van der Waals surface area contributed by atoms with E-state index in [0.29, 0.717) is 25.5 Å². The van der Waals surface area contributed by atoms with E-state index in [4.69, 9.17) is 0 Å². The lowest BCUT2D eigenvalue weighted by molar-refractivity contribution is -0.134. The maximum Gasteiger partial charge on any atom is 0.237 e. The Morgan fingerprint density at radius 2 is 2.17 bits per heavy atom. The Morgan fingerprint density at radius 1 is 1.33 bits per heavy atom. The summed E-state index contributed by atoms with van der Waals surface area (Å²) in [5.74, 6) is -0.0634. The topological polar surface area (TPSA) is 65.5 Å². The molecule has 2 heterocycles. The molecule has 1 N–H and O–H groups in total. The summed E-state index contributed by atoms with van der Waals surface area (Å²) < 4.78 is 14.3. The number of aromatic nitrogens is 1. The smallest absolute Gasteiger partial charge is 0.237 e. The largest absolute Gasteiger partial charge is 0.338 e. The fourth-order valence-corrected chi connectivity index (χ4v) is 3.85. The van der Waals surface area contributed by atoms with Crippen LogP contribution in [0.3, 0.4) is 0 Å². The number of rotatable bonds is 7. The number of pyridine rings is 1. The minimum atomic E-state index is -0.304. The van der Waals surface area contributed by atoms with Crippen molar-refractivity contribution in [1.29, 1.82) is 0 Å². The molecule has 0 spiro atoms. The molecular formula is C22H26BrFN4O2. The molecule has 0 aliphatic carbocycles. The fourth-order valence-electron chi connectivity index (χ4n) is 3.61. The van der Waals surface area contributed by atoms with E-state index in [-0.39, 0.29) is 30.1 Å². The molecule has 2 amide bonds. The predicted octanol–water partition coefficient (Wildman–Crippen LogP) is 3.68. The van der Waals surface area contributed by atoms with Gasteiger partial charge in [-0.15, -0.1) is 0 Å². The van der Waals surface area contributed by atoms with E-state index in [0.717, 1.165) is 29.4 Å². The van der Waals surface area contributed by atoms with Crippen LogP contribution < -0.4 is 5.32 Å². The van der Waals surface area contributed by atoms with Gasteiger partial charge in [-0.25, -0.2) is 9.37 Å². The van der Waals surface area contributed by atoms with E-state index >= 15 is 0 Å². The molecule has 30 heavy (non-hydrogen) atoms. The van der Waals surface area contributed by atoms with E-state index in [2.05, 4.69) is 26.2 Å². The molecule has 1 aromatic heterocycles. The highest BCUT2D eigenvalue weighted by molar-refractivity contribution is 9.10. The van der Waals surface area contributed by atoms with Crippen LogP contribution in [-0.2, 0) is 16.1 Å². The number of likely N-dealkylation sites (N-methyl/N-ethyl adjacent to an activating group) is 1. The summed E-state index contributed by atoms with van der Waals surface area (Å²) in [6, 6.07) is 9.88. The molecule has 1 fully saturated rings. The number of halogens is 2. The molecule has 1 unspecified atom stereocenters. The zero-order valence-electron chi connectivity index (χ0n) is 17.0. The highest BCUT2D eigenvalue weighted by Gasteiger charge is 2.28. The van der Waals surface area contributed by atoms with E-state index in [1.807, 2.05) is 24.0 Å². The quantitative estimate of drug-likeness (QED) is 0.661. The summed E-state index contributed by atoms with van der Waals surface area (Å²) in [5, 5.41) is 2.86. The second kappa shape index (κ2) is 10.6. The van der Waals surface area contributed by atoms with E-state index < -0.39 is 0 Å². The minimum absolute atomic E-state index is 0.0163. The molecule has 1 aliphatic heterocycles. The zero-order valence-corrected chi connectivity index (χ0v) is 18.6. The Morgan fingerprint density at radius 3 is 2.87 bits per heavy atom. The highest BCUT2D eigenvalue weighted by Crippen LogP contribution is 2.19. The summed E-state index contributed by atoms with van der Waals surface area (Å²) in [5.41, 5.74) is 0.767. The van der Waals surface area contributed by atoms with Gasteiger partial charge in [-0.2, -0.15) is 0 Å². The van der Waals surface area contributed by atoms with Gasteiger partial charge in [-0.05, 0) is 72.1 Å². The van der Waals surface area contributed by atoms with Gasteiger partial charge < -0.3 is 10.2 Å². The van der Waals surface area contributed by atoms with Crippen molar-refractivity contribution in [3.05, 3.63) is 58.4 Å². The number of anilines is 1. The maximum atomic E-state index is 13.4. The van der Waals surface area contributed by atoms with Crippen LogP contribution in [0.1, 0.15) is 25.3 Å². The van der Waals surface area contributed by atoms with E-state index in [1.54, 1.807) is 23.2 Å². The molecule has 0 saturated carbocycles. The average molecular weight is 477 g/mol. The summed E-state index contributed by atoms with van der Waals surface area (Å²) in [4.78, 5) is 33.4. The third-order valence-corrected chi connectivity index (χ3v) is 5.68. The zero-order chi connectivity index (χ0) is 21.5. The molecule has 0 bridgehead atoms. The van der Waals surface area contributed by atoms with Crippen molar-refractivity contribution in [2.24, 2.45) is 5.92 Å². The molecule has 1 saturated heterocycles. The molecule has 0 radical (unpaired) electrons. The summed E-state index contributed by atoms with van der Waals surface area (Å²) in [6.07, 6.45) is 3.28. The van der Waals surface area contributed by atoms with Crippen LogP contribution in [0.5, 0.6) is 0 Å². The van der Waals surface area contributed by atoms with Gasteiger partial charge in [0.1, 0.15) is 11.6 Å². The third-order valence-electron chi connectivity index (χ3n) is 5.21. The van der Waals surface area contributed by atoms with Gasteiger partial charge in [0.15, 0.2) is 0 Å². The van der Waals surface area contributed by atoms with Crippen molar-refractivity contribution >= 4 is 33.6 Å². The van der Waals surface area contributed by atoms with Crippen molar-refractivity contribution in [2.45, 2.75) is 26.3 Å². The van der Waals surface area contributed by atoms with Crippen LogP contribution in [0.25, 0.3) is 0 Å². The molecule has 2 aromatic rings. The van der Waals surface area contributed by atoms with Gasteiger partial charge >= 0.3 is 0 Å². The second-order valence-electron chi connectivity index (χ2n) is 7.46. The Bertz CT molecular complexity index is 878. The summed E-state index contributed by atoms with van der Waals surface area (Å²) in [7, 11) is 0. The third kappa shape index (κ3) is 6.34. The van der Waals surface area contributed by atoms with Gasteiger partial charge in [0.25, 0.3) is 0 Å². The number of nitrogens with one attached hydrogen (secondary N) is 1. The van der Waals surface area contributed by atoms with Crippen LogP contribution in [0, 0.1) is 11.7 Å². The van der Waals surface area contributed by atoms with Gasteiger partial charge in [-0.1, -0.05) is 12.1 Å². The van der Waals surface area contributed by atoms with Crippen molar-refractivity contribution in [1.82, 2.24) is 14.8 Å². The number of hydrogen-bond donors (Lipinski definition) is 1. The van der Waals surface area contributed by atoms with Gasteiger partial charge in [0.2, 0.25) is 11.8 Å². The number of piperidine rings is 1. The molecule has 6 nitrogen and oxygen atoms in total. The first kappa shape index (κ1) is 22.4. The van der Waals surface area contributed by atoms with Crippen LogP contribution in [0.15, 0.2) is 47.1 Å². The number of hydrogen-bond acceptors (Lipinski definition) is 4. The average Bonchev–Trinajstić information content (AvgIpc) is 2.74. The Balaban J connectivity index is 1.54. The van der Waals surface area contributed by atoms with Crippen LogP contribution >= 0.6 is 15.9 Å². The van der Waals surface area contributed by atoms with Gasteiger partial charge in [0.05, 0.1) is 12.5 Å². The molecule has 3 rings (SSSR count). The van der Waals surface area contributed by atoms with Gasteiger partial charge in [-0.3, -0.25) is 14.5 Å². The molecule has 1 aliphatic rings. The first-order valence-corrected chi connectivity index (χ1v) is 10.9. The number of amides is 2. The first-order valence-electron chi connectivity index (χ1n) is 10.1. The highest BCUT2D eigenvalue weighted by atomic mass is 79.9. The number of benzene rings is 1. The monoisotopic (exact) mass is 476 g/mol. The lowest BCUT2D eigenvalue weighted by Crippen LogP contribution is -2.46. The van der Waals surface area contributed by atoms with Crippen molar-refractivity contribution in [3.8, 4) is 0 Å². The van der Waals surface area contributed by atoms with E-state index in [9.17, 15) is 14.0 Å². The molecule has 1 atom stereocenters. The van der Waals surface area contributed by atoms with Crippen molar-refractivity contribution < 1.29 is 14.0 Å². The lowest BCUT2D eigenvalue weighted by atomic mass is 9.97. The Hall–Kier alpha value is -2.32. The molecular weight excluding hydrogens is 451 g/mol. The normalized spacial score (nSPS) is 16.8. The summed E-state index contributed by atoms with van der Waals surface area (Å²) in [6.45, 7) is 4.40. The van der Waals surface area contributed by atoms with Crippen molar-refractivity contribution in [2.75, 3.05) is 31.5 Å². The Kier molecular flexibility index (Phi) is 7.93. The van der Waals surface area contributed by atoms with Crippen LogP contribution in [0.2, 0.25) is 0 Å². The van der Waals surface area contributed by atoms with E-state index in [1.165, 1.54) is 12.1 Å². The Labute approximate surface area is 184 Å². The predicted molar refractivity (Wildman–Crippen MR) is 117 cm³/mol. The summed E-state index contributed by atoms with van der Waals surface area (Å²) >= 11 is 3.32. The first-order chi connectivity index (χ1) is 14.4. The number of carbonyl (C=O) groups excluding carboxylic acids is 2. The minimum Gasteiger partial charge on any atom is -0.338 e. The SMILES string of the molecule is CCN(Cc1cccc(F)c1)C(=O)CN1CCCC(C(=O)Nc2ccc(Br)cn2)C1. The second-order valence-corrected chi connectivity index (χ2v) is 8.38. The van der Waals surface area contributed by atoms with Crippen molar-refractivity contribution in [3.63, 3.8) is 0 Å². The fraction of sp³-hybridized carbons (Fsp3) is 0.409. The number of likely N-dealkylation sites (tertiary alicyclic amines) is 1. The van der Waals surface area contributed by atoms with Crippen LogP contribution in [-0.4, -0.2) is 52.8 Å². The molecule has 8 heteroatoms. The molecule has 160 valence electrons. The number of nitrogens with zero attached hydrogens (tertiary/aromatic N) is 3. The van der Waals surface area contributed by atoms with Gasteiger partial charge in [0, 0.05) is 30.3 Å².